The van der Waals surface area contributed by atoms with Crippen molar-refractivity contribution in [1.82, 2.24) is 10.3 Å². The van der Waals surface area contributed by atoms with Crippen LogP contribution < -0.4 is 10.3 Å². The molecule has 6 atom stereocenters. The molecular weight excluding hydrogens is 733 g/mol. The maximum absolute atomic E-state index is 14.4. The van der Waals surface area contributed by atoms with Crippen molar-refractivity contribution in [3.63, 3.8) is 0 Å². The van der Waals surface area contributed by atoms with Crippen LogP contribution in [0.3, 0.4) is 0 Å². The van der Waals surface area contributed by atoms with Crippen LogP contribution in [0, 0.1) is 22.7 Å². The topological polar surface area (TPSA) is 76.7 Å². The van der Waals surface area contributed by atoms with E-state index >= 15 is 0 Å². The zero-order chi connectivity index (χ0) is 41.5. The molecule has 1 aromatic rings. The second kappa shape index (κ2) is 15.0. The number of hydrogen-bond donors (Lipinski definition) is 2. The van der Waals surface area contributed by atoms with Crippen LogP contribution in [0.4, 0.5) is 0 Å². The lowest BCUT2D eigenvalue weighted by Gasteiger charge is -2.59. The fourth-order valence-corrected chi connectivity index (χ4v) is 13.9. The Balaban J connectivity index is 1.46. The molecule has 0 heterocycles. The van der Waals surface area contributed by atoms with Crippen LogP contribution in [0.1, 0.15) is 163 Å². The third-order valence-electron chi connectivity index (χ3n) is 15.4. The van der Waals surface area contributed by atoms with E-state index in [1.165, 1.54) is 16.7 Å². The fourth-order valence-electron chi connectivity index (χ4n) is 9.55. The van der Waals surface area contributed by atoms with Crippen LogP contribution in [-0.2, 0) is 18.9 Å². The van der Waals surface area contributed by atoms with Gasteiger partial charge in [0, 0.05) is 16.5 Å². The molecule has 0 spiro atoms. The summed E-state index contributed by atoms with van der Waals surface area (Å²) in [5, 5.41) is 0.247. The normalized spacial score (nSPS) is 29.1. The van der Waals surface area contributed by atoms with Gasteiger partial charge in [-0.15, -0.1) is 4.83 Å². The van der Waals surface area contributed by atoms with E-state index < -0.39 is 26.7 Å². The van der Waals surface area contributed by atoms with Crippen LogP contribution in [0.25, 0.3) is 0 Å². The summed E-state index contributed by atoms with van der Waals surface area (Å²) < 4.78 is 43.5. The number of nitrogens with one attached hydrogen (secondary N) is 2. The third-order valence-corrected chi connectivity index (χ3v) is 25.8. The average Bonchev–Trinajstić information content (AvgIpc) is 3.38. The molecule has 0 radical (unpaired) electrons. The highest BCUT2D eigenvalue weighted by atomic mass is 32.2. The smallest absolute Gasteiger partial charge is 0.257 e. The number of hydrazine groups is 1. The van der Waals surface area contributed by atoms with E-state index in [-0.39, 0.29) is 45.0 Å². The Labute approximate surface area is 339 Å². The summed E-state index contributed by atoms with van der Waals surface area (Å²) in [5.74, 6) is 1.13. The molecule has 2 fully saturated rings. The largest absolute Gasteiger partial charge is 0.414 e. The highest BCUT2D eigenvalue weighted by molar-refractivity contribution is 7.89. The molecule has 4 aliphatic rings. The first-order chi connectivity index (χ1) is 25.0. The quantitative estimate of drug-likeness (QED) is 0.172. The molecule has 2 saturated carbocycles. The Morgan fingerprint density at radius 3 is 1.85 bits per heavy atom. The van der Waals surface area contributed by atoms with Gasteiger partial charge in [-0.3, -0.25) is 0 Å². The number of rotatable bonds is 11. The van der Waals surface area contributed by atoms with Gasteiger partial charge in [-0.05, 0) is 115 Å². The van der Waals surface area contributed by atoms with E-state index in [1.807, 2.05) is 0 Å². The van der Waals surface area contributed by atoms with Gasteiger partial charge < -0.3 is 14.3 Å². The highest BCUT2D eigenvalue weighted by Gasteiger charge is 2.59. The third kappa shape index (κ3) is 8.11. The van der Waals surface area contributed by atoms with Crippen molar-refractivity contribution in [2.24, 2.45) is 22.7 Å². The van der Waals surface area contributed by atoms with Gasteiger partial charge in [0.05, 0.1) is 17.1 Å². The van der Waals surface area contributed by atoms with E-state index in [0.29, 0.717) is 22.6 Å². The van der Waals surface area contributed by atoms with E-state index in [4.69, 9.17) is 8.85 Å². The van der Waals surface area contributed by atoms with Gasteiger partial charge in [-0.2, -0.15) is 0 Å². The Hall–Kier alpha value is -1.50. The lowest BCUT2D eigenvalue weighted by Crippen LogP contribution is -2.58. The molecule has 2 unspecified atom stereocenters. The molecule has 2 N–H and O–H groups in total. The van der Waals surface area contributed by atoms with Gasteiger partial charge in [0.1, 0.15) is 0 Å². The molecule has 1 aromatic carbocycles. The molecular formula is C46H78N2O4SSi2. The SMILES string of the molecule is CC(C)c1cc(C(C)C)c(S(=O)(=O)NNC2=CC[C@H]3C4=CC=C5CC(O[Si](C)(C)C(C)(C)C)CC(O[Si](C)(C)C(C)(C)C)[C@]5(C)[C@H]4CC[C@]23C)c(C(C)C)c1. The van der Waals surface area contributed by atoms with Crippen molar-refractivity contribution in [3.8, 4) is 0 Å². The minimum Gasteiger partial charge on any atom is -0.414 e. The summed E-state index contributed by atoms with van der Waals surface area (Å²) in [6, 6.07) is 4.21. The van der Waals surface area contributed by atoms with E-state index in [9.17, 15) is 8.42 Å². The van der Waals surface area contributed by atoms with Gasteiger partial charge in [0.25, 0.3) is 10.0 Å². The van der Waals surface area contributed by atoms with Gasteiger partial charge in [0.2, 0.25) is 0 Å². The molecule has 0 aromatic heterocycles. The molecule has 0 bridgehead atoms. The standard InChI is InChI=1S/C46H78N2O4SSi2/c1-29(2)32-25-36(30(3)4)42(37(26-32)31(5)6)53(49,50)48-47-40-22-21-38-35-20-19-33-27-34(51-54(15,16)43(7,8)9)28-41(52-55(17,18)44(10,11)12)46(33,14)39(35)23-24-45(38,40)13/h19-20,22,25-26,29-31,34,38-39,41,47-48H,21,23-24,27-28H2,1-18H3/t34?,38-,39-,41?,45-,46-/m0/s1. The zero-order valence-corrected chi connectivity index (χ0v) is 40.8. The summed E-state index contributed by atoms with van der Waals surface area (Å²) >= 11 is 0. The number of allylic oxidation sites excluding steroid dienone is 5. The molecule has 0 aliphatic heterocycles. The first-order valence-corrected chi connectivity index (χ1v) is 28.7. The van der Waals surface area contributed by atoms with E-state index in [2.05, 4.69) is 164 Å². The van der Waals surface area contributed by atoms with Crippen molar-refractivity contribution in [2.75, 3.05) is 0 Å². The number of hydrogen-bond acceptors (Lipinski definition) is 5. The Kier molecular flexibility index (Phi) is 12.1. The van der Waals surface area contributed by atoms with Crippen LogP contribution in [-0.4, -0.2) is 37.3 Å². The van der Waals surface area contributed by atoms with E-state index in [0.717, 1.165) is 48.9 Å². The van der Waals surface area contributed by atoms with Crippen molar-refractivity contribution >= 4 is 26.7 Å². The zero-order valence-electron chi connectivity index (χ0n) is 38.0. The number of benzene rings is 1. The molecule has 55 heavy (non-hydrogen) atoms. The average molecular weight is 811 g/mol. The van der Waals surface area contributed by atoms with Gasteiger partial charge in [-0.25, -0.2) is 8.42 Å². The molecule has 6 nitrogen and oxygen atoms in total. The minimum atomic E-state index is -3.87. The first kappa shape index (κ1) is 44.6. The summed E-state index contributed by atoms with van der Waals surface area (Å²) in [7, 11) is -7.97. The highest BCUT2D eigenvalue weighted by Crippen LogP contribution is 2.64. The molecule has 0 saturated heterocycles. The van der Waals surface area contributed by atoms with Crippen LogP contribution in [0.2, 0.25) is 36.3 Å². The second-order valence-corrected chi connectivity index (χ2v) is 33.2. The fraction of sp³-hybridized carbons (Fsp3) is 0.739. The monoisotopic (exact) mass is 811 g/mol. The minimum absolute atomic E-state index is 0.0707. The second-order valence-electron chi connectivity index (χ2n) is 22.1. The predicted octanol–water partition coefficient (Wildman–Crippen LogP) is 12.6. The lowest BCUT2D eigenvalue weighted by atomic mass is 9.50. The molecule has 310 valence electrons. The maximum Gasteiger partial charge on any atom is 0.257 e. The van der Waals surface area contributed by atoms with Crippen molar-refractivity contribution < 1.29 is 17.3 Å². The maximum atomic E-state index is 14.4. The van der Waals surface area contributed by atoms with Gasteiger partial charge >= 0.3 is 0 Å². The van der Waals surface area contributed by atoms with Gasteiger partial charge in [0.15, 0.2) is 16.6 Å². The van der Waals surface area contributed by atoms with Crippen molar-refractivity contribution in [3.05, 3.63) is 63.9 Å². The van der Waals surface area contributed by atoms with E-state index in [1.54, 1.807) is 0 Å². The first-order valence-electron chi connectivity index (χ1n) is 21.4. The Morgan fingerprint density at radius 2 is 1.35 bits per heavy atom. The summed E-state index contributed by atoms with van der Waals surface area (Å²) in [4.78, 5) is 3.35. The Bertz CT molecular complexity index is 1800. The number of sulfonamides is 1. The number of fused-ring (bicyclic) bond motifs is 5. The summed E-state index contributed by atoms with van der Waals surface area (Å²) in [6.07, 6.45) is 12.2. The summed E-state index contributed by atoms with van der Waals surface area (Å²) in [5.41, 5.74) is 9.98. The summed E-state index contributed by atoms with van der Waals surface area (Å²) in [6.45, 7) is 41.2. The van der Waals surface area contributed by atoms with Crippen LogP contribution in [0.15, 0.2) is 52.1 Å². The predicted molar refractivity (Wildman–Crippen MR) is 237 cm³/mol. The molecule has 9 heteroatoms. The molecule has 0 amide bonds. The van der Waals surface area contributed by atoms with Crippen molar-refractivity contribution in [2.45, 2.75) is 200 Å². The van der Waals surface area contributed by atoms with Crippen LogP contribution in [0.5, 0.6) is 0 Å². The van der Waals surface area contributed by atoms with Crippen molar-refractivity contribution in [1.29, 1.82) is 0 Å². The Morgan fingerprint density at radius 1 is 0.800 bits per heavy atom. The van der Waals surface area contributed by atoms with Gasteiger partial charge in [-0.1, -0.05) is 138 Å². The lowest BCUT2D eigenvalue weighted by molar-refractivity contribution is -0.0388. The molecule has 5 rings (SSSR count). The van der Waals surface area contributed by atoms with Crippen LogP contribution >= 0.6 is 0 Å². The molecule has 4 aliphatic carbocycles.